The van der Waals surface area contributed by atoms with E-state index in [-0.39, 0.29) is 0 Å². The highest BCUT2D eigenvalue weighted by molar-refractivity contribution is 9.10. The molecule has 0 aliphatic carbocycles. The maximum absolute atomic E-state index is 6.11. The second kappa shape index (κ2) is 7.51. The molecule has 1 heterocycles. The monoisotopic (exact) mass is 344 g/mol. The zero-order valence-corrected chi connectivity index (χ0v) is 13.7. The topological polar surface area (TPSA) is 24.1 Å². The fourth-order valence-electron chi connectivity index (χ4n) is 2.66. The van der Waals surface area contributed by atoms with Crippen LogP contribution in [0, 0.1) is 0 Å². The molecule has 19 heavy (non-hydrogen) atoms. The molecule has 0 amide bonds. The predicted octanol–water partition coefficient (Wildman–Crippen LogP) is 4.83. The fourth-order valence-corrected chi connectivity index (χ4v) is 3.09. The molecule has 0 saturated carbocycles. The van der Waals surface area contributed by atoms with Gasteiger partial charge in [0.1, 0.15) is 0 Å². The standard InChI is InChI=1S/C15H22BrClN2/c1-11(9-12-5-3-2-4-8-18-12)19-13-6-7-14(16)15(17)10-13/h6-7,10-12,18-19H,2-5,8-9H2,1H3. The Morgan fingerprint density at radius 2 is 2.26 bits per heavy atom. The first-order valence-electron chi connectivity index (χ1n) is 7.10. The van der Waals surface area contributed by atoms with Crippen LogP contribution in [0.2, 0.25) is 5.02 Å². The maximum Gasteiger partial charge on any atom is 0.0568 e. The van der Waals surface area contributed by atoms with Crippen molar-refractivity contribution in [1.82, 2.24) is 5.32 Å². The lowest BCUT2D eigenvalue weighted by molar-refractivity contribution is 0.456. The van der Waals surface area contributed by atoms with Gasteiger partial charge in [-0.2, -0.15) is 0 Å². The molecule has 2 unspecified atom stereocenters. The first kappa shape index (κ1) is 15.1. The summed E-state index contributed by atoms with van der Waals surface area (Å²) in [5.41, 5.74) is 1.09. The summed E-state index contributed by atoms with van der Waals surface area (Å²) in [4.78, 5) is 0. The van der Waals surface area contributed by atoms with Crippen LogP contribution in [-0.4, -0.2) is 18.6 Å². The van der Waals surface area contributed by atoms with Crippen LogP contribution in [0.25, 0.3) is 0 Å². The number of anilines is 1. The highest BCUT2D eigenvalue weighted by atomic mass is 79.9. The molecule has 1 aliphatic heterocycles. The Balaban J connectivity index is 1.85. The van der Waals surface area contributed by atoms with Crippen molar-refractivity contribution >= 4 is 33.2 Å². The van der Waals surface area contributed by atoms with E-state index in [1.54, 1.807) is 0 Å². The van der Waals surface area contributed by atoms with E-state index in [1.807, 2.05) is 12.1 Å². The third-order valence-electron chi connectivity index (χ3n) is 3.63. The molecule has 2 rings (SSSR count). The Labute approximate surface area is 129 Å². The van der Waals surface area contributed by atoms with Crippen LogP contribution in [0.1, 0.15) is 39.0 Å². The highest BCUT2D eigenvalue weighted by Crippen LogP contribution is 2.26. The van der Waals surface area contributed by atoms with Crippen molar-refractivity contribution in [2.75, 3.05) is 11.9 Å². The van der Waals surface area contributed by atoms with Crippen LogP contribution in [-0.2, 0) is 0 Å². The molecule has 0 bridgehead atoms. The Kier molecular flexibility index (Phi) is 5.99. The summed E-state index contributed by atoms with van der Waals surface area (Å²) in [5.74, 6) is 0. The van der Waals surface area contributed by atoms with Crippen molar-refractivity contribution in [3.8, 4) is 0 Å². The molecule has 2 atom stereocenters. The number of nitrogens with one attached hydrogen (secondary N) is 2. The second-order valence-corrected chi connectivity index (χ2v) is 6.67. The number of hydrogen-bond donors (Lipinski definition) is 2. The van der Waals surface area contributed by atoms with Crippen molar-refractivity contribution in [2.24, 2.45) is 0 Å². The average Bonchev–Trinajstić information content (AvgIpc) is 2.62. The first-order chi connectivity index (χ1) is 9.15. The Hall–Kier alpha value is -0.250. The molecule has 4 heteroatoms. The minimum atomic E-state index is 0.452. The van der Waals surface area contributed by atoms with E-state index in [9.17, 15) is 0 Å². The quantitative estimate of drug-likeness (QED) is 0.817. The van der Waals surface area contributed by atoms with Crippen molar-refractivity contribution < 1.29 is 0 Å². The number of benzene rings is 1. The number of rotatable bonds is 4. The maximum atomic E-state index is 6.11. The van der Waals surface area contributed by atoms with Crippen molar-refractivity contribution in [1.29, 1.82) is 0 Å². The Morgan fingerprint density at radius 3 is 3.05 bits per heavy atom. The summed E-state index contributed by atoms with van der Waals surface area (Å²) in [7, 11) is 0. The van der Waals surface area contributed by atoms with Crippen LogP contribution >= 0.6 is 27.5 Å². The summed E-state index contributed by atoms with van der Waals surface area (Å²) in [5, 5.41) is 7.93. The van der Waals surface area contributed by atoms with Gasteiger partial charge < -0.3 is 10.6 Å². The molecule has 106 valence electrons. The predicted molar refractivity (Wildman–Crippen MR) is 87.1 cm³/mol. The molecule has 2 nitrogen and oxygen atoms in total. The zero-order valence-electron chi connectivity index (χ0n) is 11.4. The van der Waals surface area contributed by atoms with Crippen molar-refractivity contribution in [2.45, 2.75) is 51.1 Å². The lowest BCUT2D eigenvalue weighted by atomic mass is 10.0. The van der Waals surface area contributed by atoms with Gasteiger partial charge in [-0.25, -0.2) is 0 Å². The van der Waals surface area contributed by atoms with E-state index in [0.717, 1.165) is 21.6 Å². The summed E-state index contributed by atoms with van der Waals surface area (Å²) < 4.78 is 0.942. The largest absolute Gasteiger partial charge is 0.382 e. The van der Waals surface area contributed by atoms with Gasteiger partial charge in [-0.1, -0.05) is 24.4 Å². The zero-order chi connectivity index (χ0) is 13.7. The summed E-state index contributed by atoms with van der Waals surface area (Å²) in [6.45, 7) is 3.41. The molecular weight excluding hydrogens is 324 g/mol. The van der Waals surface area contributed by atoms with Crippen LogP contribution < -0.4 is 10.6 Å². The fraction of sp³-hybridized carbons (Fsp3) is 0.600. The van der Waals surface area contributed by atoms with Crippen molar-refractivity contribution in [3.63, 3.8) is 0 Å². The molecular formula is C15H22BrClN2. The van der Waals surface area contributed by atoms with Crippen LogP contribution in [0.4, 0.5) is 5.69 Å². The average molecular weight is 346 g/mol. The molecule has 1 aromatic carbocycles. The smallest absolute Gasteiger partial charge is 0.0568 e. The van der Waals surface area contributed by atoms with Gasteiger partial charge in [0.25, 0.3) is 0 Å². The van der Waals surface area contributed by atoms with E-state index in [2.05, 4.69) is 39.6 Å². The molecule has 0 aromatic heterocycles. The van der Waals surface area contributed by atoms with Gasteiger partial charge in [0.2, 0.25) is 0 Å². The number of hydrogen-bond acceptors (Lipinski definition) is 2. The molecule has 0 spiro atoms. The molecule has 1 fully saturated rings. The molecule has 1 saturated heterocycles. The lowest BCUT2D eigenvalue weighted by Gasteiger charge is -2.22. The van der Waals surface area contributed by atoms with Crippen molar-refractivity contribution in [3.05, 3.63) is 27.7 Å². The molecule has 1 aromatic rings. The van der Waals surface area contributed by atoms with Gasteiger partial charge >= 0.3 is 0 Å². The molecule has 2 N–H and O–H groups in total. The van der Waals surface area contributed by atoms with Gasteiger partial charge in [0, 0.05) is 22.2 Å². The normalized spacial score (nSPS) is 21.7. The van der Waals surface area contributed by atoms with E-state index in [4.69, 9.17) is 11.6 Å². The Bertz CT molecular complexity index is 403. The Morgan fingerprint density at radius 1 is 1.42 bits per heavy atom. The van der Waals surface area contributed by atoms with Gasteiger partial charge in [-0.3, -0.25) is 0 Å². The second-order valence-electron chi connectivity index (χ2n) is 5.41. The summed E-state index contributed by atoms with van der Waals surface area (Å²) >= 11 is 9.53. The molecule has 1 aliphatic rings. The summed E-state index contributed by atoms with van der Waals surface area (Å²) in [6.07, 6.45) is 6.50. The van der Waals surface area contributed by atoms with Gasteiger partial charge in [0.15, 0.2) is 0 Å². The van der Waals surface area contributed by atoms with Crippen LogP contribution in [0.15, 0.2) is 22.7 Å². The van der Waals surface area contributed by atoms with Gasteiger partial charge in [-0.15, -0.1) is 0 Å². The SMILES string of the molecule is CC(CC1CCCCCN1)Nc1ccc(Br)c(Cl)c1. The number of halogens is 2. The third kappa shape index (κ3) is 4.97. The lowest BCUT2D eigenvalue weighted by Crippen LogP contribution is -2.33. The first-order valence-corrected chi connectivity index (χ1v) is 8.27. The van der Waals surface area contributed by atoms with E-state index >= 15 is 0 Å². The van der Waals surface area contributed by atoms with Gasteiger partial charge in [0.05, 0.1) is 5.02 Å². The van der Waals surface area contributed by atoms with Crippen LogP contribution in [0.5, 0.6) is 0 Å². The third-order valence-corrected chi connectivity index (χ3v) is 4.87. The van der Waals surface area contributed by atoms with Gasteiger partial charge in [-0.05, 0) is 66.9 Å². The minimum absolute atomic E-state index is 0.452. The molecule has 0 radical (unpaired) electrons. The van der Waals surface area contributed by atoms with Crippen LogP contribution in [0.3, 0.4) is 0 Å². The summed E-state index contributed by atoms with van der Waals surface area (Å²) in [6, 6.07) is 7.13. The minimum Gasteiger partial charge on any atom is -0.382 e. The highest BCUT2D eigenvalue weighted by Gasteiger charge is 2.14. The van der Waals surface area contributed by atoms with E-state index in [1.165, 1.54) is 32.2 Å². The van der Waals surface area contributed by atoms with E-state index in [0.29, 0.717) is 12.1 Å². The van der Waals surface area contributed by atoms with E-state index < -0.39 is 0 Å².